The van der Waals surface area contributed by atoms with E-state index < -0.39 is 69.1 Å². The summed E-state index contributed by atoms with van der Waals surface area (Å²) in [6.07, 6.45) is 20.2. The fourth-order valence-corrected chi connectivity index (χ4v) is 21.4. The third kappa shape index (κ3) is 5.15. The Bertz CT molecular complexity index is 2620. The van der Waals surface area contributed by atoms with Gasteiger partial charge in [0.1, 0.15) is 5.60 Å². The van der Waals surface area contributed by atoms with Crippen molar-refractivity contribution in [1.82, 2.24) is 0 Å². The summed E-state index contributed by atoms with van der Waals surface area (Å²) in [5, 5.41) is 76.3. The zero-order valence-corrected chi connectivity index (χ0v) is 41.2. The van der Waals surface area contributed by atoms with Crippen LogP contribution in [0.5, 0.6) is 0 Å². The molecule has 6 N–H and O–H groups in total. The van der Waals surface area contributed by atoms with Gasteiger partial charge in [-0.05, 0) is 182 Å². The van der Waals surface area contributed by atoms with Gasteiger partial charge in [0, 0.05) is 54.8 Å². The summed E-state index contributed by atoms with van der Waals surface area (Å²) < 4.78 is 5.33. The summed E-state index contributed by atoms with van der Waals surface area (Å²) in [5.41, 5.74) is -5.12. The lowest BCUT2D eigenvalue weighted by Crippen LogP contribution is -2.85. The first-order valence-electron chi connectivity index (χ1n) is 26.8. The number of aliphatic hydroxyl groups is 6. The molecule has 0 aliphatic heterocycles. The van der Waals surface area contributed by atoms with E-state index in [1.54, 1.807) is 14.0 Å². The van der Waals surface area contributed by atoms with Gasteiger partial charge in [-0.2, -0.15) is 0 Å². The molecule has 0 unspecified atom stereocenters. The first-order chi connectivity index (χ1) is 32.3. The molecule has 366 valence electrons. The van der Waals surface area contributed by atoms with Gasteiger partial charge in [0.25, 0.3) is 0 Å². The van der Waals surface area contributed by atoms with E-state index >= 15 is 4.79 Å². The molecule has 12 aliphatic carbocycles. The van der Waals surface area contributed by atoms with Crippen molar-refractivity contribution >= 4 is 23.7 Å². The number of methoxy groups -OCH3 is 1. The number of fused-ring (bicyclic) bond motifs is 6. The van der Waals surface area contributed by atoms with Crippen molar-refractivity contribution in [2.24, 2.45) is 79.3 Å². The first-order valence-corrected chi connectivity index (χ1v) is 26.8. The maximum atomic E-state index is 16.6. The second-order valence-electron chi connectivity index (χ2n) is 25.6. The largest absolute Gasteiger partial charge is 0.394 e. The van der Waals surface area contributed by atoms with E-state index in [4.69, 9.17) is 4.74 Å². The molecule has 19 atom stereocenters. The van der Waals surface area contributed by atoms with Gasteiger partial charge in [0.15, 0.2) is 11.6 Å². The number of hydrogen-bond acceptors (Lipinski definition) is 9. The Morgan fingerprint density at radius 3 is 2.49 bits per heavy atom. The molecular weight excluding hydrogens is 853 g/mol. The van der Waals surface area contributed by atoms with Crippen LogP contribution in [-0.4, -0.2) is 85.9 Å². The molecule has 68 heavy (non-hydrogen) atoms. The monoisotopic (exact) mass is 929 g/mol. The highest BCUT2D eigenvalue weighted by atomic mass is 16.5. The molecule has 9 heteroatoms. The van der Waals surface area contributed by atoms with Gasteiger partial charge in [-0.1, -0.05) is 63.0 Å². The molecule has 0 aromatic heterocycles. The van der Waals surface area contributed by atoms with Crippen molar-refractivity contribution in [3.63, 3.8) is 0 Å². The molecule has 5 bridgehead atoms. The van der Waals surface area contributed by atoms with Crippen molar-refractivity contribution < 1.29 is 45.0 Å². The first kappa shape index (κ1) is 46.2. The maximum absolute atomic E-state index is 16.6. The predicted molar refractivity (Wildman–Crippen MR) is 257 cm³/mol. The van der Waals surface area contributed by atoms with Gasteiger partial charge >= 0.3 is 0 Å². The van der Waals surface area contributed by atoms with Gasteiger partial charge in [-0.15, -0.1) is 5.92 Å². The standard InChI is InChI=1S/C59H76O9/c1-34(61)36-26-37-29-41-35(27-39(37)40(28-36)44(62)11-9-25-68-5)12-20-54-21-14-46-52(3,49(65)32-60)48(64)16-23-57(41,46)50(54)45(63)30-42-43-31-51(2)17-6-7-19-56(66)22-15-47(53(42,54)4)58(67)24-13-38-10-8-18-55(38,33-51)59(43,56)58/h13,24,26-30,34-35,38,41,43,46-50,60-61,64-67H,6,8-12,14-18,20-23,25,31-33H2,1-5H3/t34-,35+,38-,41-,43+,46+,47-,48-,49+,50-,51+,52-,53-,54+,55+,56-,57+,58-,59+/m0/s1. The number of ether oxygens (including phenoxy) is 1. The molecule has 12 aliphatic rings. The zero-order chi connectivity index (χ0) is 47.8. The van der Waals surface area contributed by atoms with Crippen LogP contribution in [0.25, 0.3) is 12.2 Å². The number of carbonyl (C=O) groups is 2. The average molecular weight is 929 g/mol. The summed E-state index contributed by atoms with van der Waals surface area (Å²) in [6, 6.07) is 3.88. The second-order valence-corrected chi connectivity index (χ2v) is 25.6. The van der Waals surface area contributed by atoms with Crippen LogP contribution < -0.4 is 10.4 Å². The molecule has 7 saturated carbocycles. The number of Topliss-reactive ketones (excluding diaryl/α,β-unsaturated/α-hetero) is 1. The Morgan fingerprint density at radius 2 is 1.72 bits per heavy atom. The lowest BCUT2D eigenvalue weighted by Gasteiger charge is -2.82. The molecule has 0 radical (unpaired) electrons. The third-order valence-corrected chi connectivity index (χ3v) is 23.6. The summed E-state index contributed by atoms with van der Waals surface area (Å²) in [4.78, 5) is 30.9. The minimum absolute atomic E-state index is 0.00246. The van der Waals surface area contributed by atoms with E-state index in [-0.39, 0.29) is 57.9 Å². The molecule has 1 aromatic rings. The fraction of sp³-hybridized carbons (Fsp3) is 0.729. The third-order valence-electron chi connectivity index (χ3n) is 23.6. The van der Waals surface area contributed by atoms with Gasteiger partial charge in [0.2, 0.25) is 0 Å². The summed E-state index contributed by atoms with van der Waals surface area (Å²) >= 11 is 0. The number of ketones is 2. The van der Waals surface area contributed by atoms with Crippen molar-refractivity contribution in [3.05, 3.63) is 57.5 Å². The topological polar surface area (TPSA) is 165 Å². The number of rotatable bonds is 8. The van der Waals surface area contributed by atoms with Gasteiger partial charge in [0.05, 0.1) is 35.9 Å². The van der Waals surface area contributed by atoms with Crippen molar-refractivity contribution in [3.8, 4) is 11.8 Å². The lowest BCUT2D eigenvalue weighted by molar-refractivity contribution is -0.355. The number of allylic oxidation sites excluding steroid dienone is 3. The van der Waals surface area contributed by atoms with Gasteiger partial charge in [-0.3, -0.25) is 9.59 Å². The molecule has 9 nitrogen and oxygen atoms in total. The van der Waals surface area contributed by atoms with Gasteiger partial charge in [-0.25, -0.2) is 0 Å². The summed E-state index contributed by atoms with van der Waals surface area (Å²) in [6.45, 7) is 8.50. The predicted octanol–water partition coefficient (Wildman–Crippen LogP) is 6.42. The van der Waals surface area contributed by atoms with E-state index in [1.165, 1.54) is 0 Å². The SMILES string of the molecule is COCCCC(=O)c1cc([C@H](C)O)cc2c1=C[C@H]1CC[C@@]34CC[C@@H]5[C@](C)([C@H](O)CO)[C@@H](O)CC[C@@]5([C@H]3C(=O)C=C3[C@H]5C[C@@]6(C)CCC#C[C@]7(O)CC[C@@H]([C@]34C)[C@@]3(O)C=C[C@@H]4CCC[C@]4(C6)[C@]573)[C@H]1C=2. The van der Waals surface area contributed by atoms with Crippen LogP contribution in [0.2, 0.25) is 0 Å². The van der Waals surface area contributed by atoms with Crippen LogP contribution in [0.15, 0.2) is 35.9 Å². The highest BCUT2D eigenvalue weighted by Crippen LogP contribution is 2.88. The number of carbonyl (C=O) groups excluding carboxylic acids is 2. The zero-order valence-electron chi connectivity index (χ0n) is 41.2. The Balaban J connectivity index is 1.13. The van der Waals surface area contributed by atoms with E-state index in [0.29, 0.717) is 75.5 Å². The number of hydrogen-bond donors (Lipinski definition) is 6. The number of benzene rings is 1. The highest BCUT2D eigenvalue weighted by molar-refractivity contribution is 5.97. The molecule has 0 amide bonds. The minimum atomic E-state index is -1.43. The van der Waals surface area contributed by atoms with Crippen molar-refractivity contribution in [1.29, 1.82) is 0 Å². The normalized spacial score (nSPS) is 50.5. The lowest BCUT2D eigenvalue weighted by atomic mass is 9.21. The van der Waals surface area contributed by atoms with Gasteiger partial charge < -0.3 is 35.4 Å². The van der Waals surface area contributed by atoms with E-state index in [9.17, 15) is 35.4 Å². The minimum Gasteiger partial charge on any atom is -0.394 e. The van der Waals surface area contributed by atoms with Crippen LogP contribution >= 0.6 is 0 Å². The van der Waals surface area contributed by atoms with E-state index in [1.807, 2.05) is 19.1 Å². The van der Waals surface area contributed by atoms with Crippen LogP contribution in [0.4, 0.5) is 0 Å². The van der Waals surface area contributed by atoms with Crippen molar-refractivity contribution in [2.45, 2.75) is 166 Å². The summed E-state index contributed by atoms with van der Waals surface area (Å²) in [5.74, 6) is 5.62. The molecule has 1 aromatic carbocycles. The quantitative estimate of drug-likeness (QED) is 0.0748. The van der Waals surface area contributed by atoms with Crippen LogP contribution in [0, 0.1) is 91.2 Å². The Labute approximate surface area is 402 Å². The highest BCUT2D eigenvalue weighted by Gasteiger charge is 2.89. The Kier molecular flexibility index (Phi) is 10.1. The maximum Gasteiger partial charge on any atom is 0.163 e. The molecule has 13 rings (SSSR count). The molecule has 0 heterocycles. The van der Waals surface area contributed by atoms with Crippen molar-refractivity contribution in [2.75, 3.05) is 20.3 Å². The number of aliphatic hydroxyl groups excluding tert-OH is 4. The molecule has 0 saturated heterocycles. The van der Waals surface area contributed by atoms with Crippen LogP contribution in [-0.2, 0) is 9.53 Å². The molecule has 3 spiro atoms. The smallest absolute Gasteiger partial charge is 0.163 e. The molecular formula is C59H76O9. The van der Waals surface area contributed by atoms with Crippen LogP contribution in [0.1, 0.15) is 159 Å². The van der Waals surface area contributed by atoms with E-state index in [0.717, 1.165) is 67.4 Å². The Morgan fingerprint density at radius 1 is 0.941 bits per heavy atom. The molecule has 7 fully saturated rings. The summed E-state index contributed by atoms with van der Waals surface area (Å²) in [7, 11) is 1.64. The Hall–Kier alpha value is -2.94. The second kappa shape index (κ2) is 14.8. The van der Waals surface area contributed by atoms with E-state index in [2.05, 4.69) is 56.1 Å². The fourth-order valence-electron chi connectivity index (χ4n) is 21.4. The average Bonchev–Trinajstić information content (AvgIpc) is 3.72. The van der Waals surface area contributed by atoms with Crippen LogP contribution in [0.3, 0.4) is 0 Å².